The summed E-state index contributed by atoms with van der Waals surface area (Å²) >= 11 is 0. The van der Waals surface area contributed by atoms with Gasteiger partial charge in [0, 0.05) is 42.1 Å². The van der Waals surface area contributed by atoms with Crippen molar-refractivity contribution in [2.45, 2.75) is 38.8 Å². The second-order valence-corrected chi connectivity index (χ2v) is 10.3. The maximum atomic E-state index is 13.7. The van der Waals surface area contributed by atoms with Crippen LogP contribution in [0.3, 0.4) is 0 Å². The Labute approximate surface area is 198 Å². The van der Waals surface area contributed by atoms with Gasteiger partial charge in [-0.15, -0.1) is 0 Å². The first kappa shape index (κ1) is 23.5. The predicted molar refractivity (Wildman–Crippen MR) is 131 cm³/mol. The standard InChI is InChI=1S/C26H25N3O4S/c1-17-10-22-12-23(26(31)28-25(22)11-18(17)2)16-29(15-20-6-5-9-27-14-20)34(32,33)24-8-4-7-21(13-24)19(3)30/h4-14H,15-16H2,1-3H3,(H,28,31). The Morgan fingerprint density at radius 3 is 2.47 bits per heavy atom. The molecule has 34 heavy (non-hydrogen) atoms. The number of nitrogens with zero attached hydrogens (tertiary/aromatic N) is 2. The summed E-state index contributed by atoms with van der Waals surface area (Å²) in [4.78, 5) is 31.7. The van der Waals surface area contributed by atoms with Crippen molar-refractivity contribution >= 4 is 26.7 Å². The van der Waals surface area contributed by atoms with Crippen LogP contribution in [-0.4, -0.2) is 28.5 Å². The summed E-state index contributed by atoms with van der Waals surface area (Å²) < 4.78 is 28.6. The molecule has 1 N–H and O–H groups in total. The number of rotatable bonds is 7. The van der Waals surface area contributed by atoms with Gasteiger partial charge < -0.3 is 4.98 Å². The van der Waals surface area contributed by atoms with Crippen molar-refractivity contribution in [2.24, 2.45) is 0 Å². The Hall–Kier alpha value is -3.62. The number of carbonyl (C=O) groups is 1. The van der Waals surface area contributed by atoms with Crippen LogP contribution < -0.4 is 5.56 Å². The number of pyridine rings is 2. The topological polar surface area (TPSA) is 100 Å². The number of ketones is 1. The van der Waals surface area contributed by atoms with Gasteiger partial charge in [0.25, 0.3) is 5.56 Å². The van der Waals surface area contributed by atoms with E-state index in [4.69, 9.17) is 0 Å². The number of aromatic nitrogens is 2. The van der Waals surface area contributed by atoms with Gasteiger partial charge in [0.05, 0.1) is 4.90 Å². The number of carbonyl (C=O) groups excluding carboxylic acids is 1. The number of benzene rings is 2. The number of sulfonamides is 1. The van der Waals surface area contributed by atoms with Gasteiger partial charge >= 0.3 is 0 Å². The molecule has 0 aliphatic heterocycles. The summed E-state index contributed by atoms with van der Waals surface area (Å²) in [5, 5.41) is 0.829. The van der Waals surface area contributed by atoms with Crippen molar-refractivity contribution in [3.8, 4) is 0 Å². The van der Waals surface area contributed by atoms with Crippen molar-refractivity contribution in [2.75, 3.05) is 0 Å². The van der Waals surface area contributed by atoms with Crippen LogP contribution in [0, 0.1) is 13.8 Å². The van der Waals surface area contributed by atoms with Crippen LogP contribution in [0.4, 0.5) is 0 Å². The number of aromatic amines is 1. The van der Waals surface area contributed by atoms with Crippen LogP contribution in [0.15, 0.2) is 76.7 Å². The first-order valence-electron chi connectivity index (χ1n) is 10.8. The van der Waals surface area contributed by atoms with Gasteiger partial charge in [0.2, 0.25) is 10.0 Å². The highest BCUT2D eigenvalue weighted by molar-refractivity contribution is 7.89. The van der Waals surface area contributed by atoms with E-state index >= 15 is 0 Å². The molecule has 0 aliphatic carbocycles. The van der Waals surface area contributed by atoms with Crippen LogP contribution in [0.25, 0.3) is 10.9 Å². The van der Waals surface area contributed by atoms with E-state index in [0.717, 1.165) is 16.5 Å². The number of aryl methyl sites for hydroxylation is 2. The molecule has 0 atom stereocenters. The lowest BCUT2D eigenvalue weighted by atomic mass is 10.0. The lowest BCUT2D eigenvalue weighted by Crippen LogP contribution is -2.32. The molecule has 2 heterocycles. The molecule has 0 radical (unpaired) electrons. The molecule has 4 aromatic rings. The number of Topliss-reactive ketones (excluding diaryl/α,β-unsaturated/α-hetero) is 1. The molecule has 2 aromatic carbocycles. The lowest BCUT2D eigenvalue weighted by molar-refractivity contribution is 0.101. The molecule has 0 spiro atoms. The number of nitrogens with one attached hydrogen (secondary N) is 1. The van der Waals surface area contributed by atoms with E-state index in [9.17, 15) is 18.0 Å². The zero-order valence-electron chi connectivity index (χ0n) is 19.2. The molecule has 0 fully saturated rings. The Bertz CT molecular complexity index is 1540. The minimum Gasteiger partial charge on any atom is -0.322 e. The number of fused-ring (bicyclic) bond motifs is 1. The number of H-pyrrole nitrogens is 1. The quantitative estimate of drug-likeness (QED) is 0.405. The van der Waals surface area contributed by atoms with Crippen molar-refractivity contribution in [3.63, 3.8) is 0 Å². The highest BCUT2D eigenvalue weighted by atomic mass is 32.2. The monoisotopic (exact) mass is 475 g/mol. The zero-order chi connectivity index (χ0) is 24.5. The van der Waals surface area contributed by atoms with E-state index in [0.29, 0.717) is 22.2 Å². The normalized spacial score (nSPS) is 11.8. The third-order valence-electron chi connectivity index (χ3n) is 5.84. The van der Waals surface area contributed by atoms with Gasteiger partial charge in [0.15, 0.2) is 5.78 Å². The molecule has 0 saturated carbocycles. The maximum Gasteiger partial charge on any atom is 0.252 e. The first-order chi connectivity index (χ1) is 16.1. The largest absolute Gasteiger partial charge is 0.322 e. The lowest BCUT2D eigenvalue weighted by Gasteiger charge is -2.22. The van der Waals surface area contributed by atoms with E-state index < -0.39 is 10.0 Å². The van der Waals surface area contributed by atoms with E-state index in [-0.39, 0.29) is 29.3 Å². The summed E-state index contributed by atoms with van der Waals surface area (Å²) in [5.74, 6) is -0.229. The Morgan fingerprint density at radius 2 is 1.76 bits per heavy atom. The van der Waals surface area contributed by atoms with Crippen molar-refractivity contribution in [1.29, 1.82) is 0 Å². The van der Waals surface area contributed by atoms with E-state index in [1.807, 2.05) is 26.0 Å². The molecule has 0 bridgehead atoms. The zero-order valence-corrected chi connectivity index (χ0v) is 20.0. The minimum atomic E-state index is -4.04. The summed E-state index contributed by atoms with van der Waals surface area (Å²) in [5.41, 5.74) is 3.79. The molecule has 7 nitrogen and oxygen atoms in total. The number of hydrogen-bond donors (Lipinski definition) is 1. The Kier molecular flexibility index (Phi) is 6.45. The summed E-state index contributed by atoms with van der Waals surface area (Å²) in [6.45, 7) is 5.22. The second kappa shape index (κ2) is 9.32. The van der Waals surface area contributed by atoms with Gasteiger partial charge in [-0.1, -0.05) is 18.2 Å². The SMILES string of the molecule is CC(=O)c1cccc(S(=O)(=O)N(Cc2cccnc2)Cc2cc3cc(C)c(C)cc3[nH]c2=O)c1. The fraction of sp³-hybridized carbons (Fsp3) is 0.192. The van der Waals surface area contributed by atoms with Crippen LogP contribution in [0.1, 0.15) is 39.5 Å². The van der Waals surface area contributed by atoms with Crippen molar-refractivity contribution in [1.82, 2.24) is 14.3 Å². The summed E-state index contributed by atoms with van der Waals surface area (Å²) in [7, 11) is -4.04. The molecular formula is C26H25N3O4S. The van der Waals surface area contributed by atoms with Gasteiger partial charge in [0.1, 0.15) is 0 Å². The van der Waals surface area contributed by atoms with Crippen LogP contribution >= 0.6 is 0 Å². The Balaban J connectivity index is 1.80. The summed E-state index contributed by atoms with van der Waals surface area (Å²) in [6, 6.07) is 15.1. The van der Waals surface area contributed by atoms with Gasteiger partial charge in [-0.3, -0.25) is 14.6 Å². The molecule has 0 aliphatic rings. The molecule has 2 aromatic heterocycles. The predicted octanol–water partition coefficient (Wildman–Crippen LogP) is 4.13. The minimum absolute atomic E-state index is 0.00669. The average molecular weight is 476 g/mol. The molecule has 174 valence electrons. The van der Waals surface area contributed by atoms with Gasteiger partial charge in [-0.05, 0) is 79.2 Å². The van der Waals surface area contributed by atoms with Gasteiger partial charge in [-0.2, -0.15) is 4.31 Å². The molecule has 0 saturated heterocycles. The molecule has 0 unspecified atom stereocenters. The second-order valence-electron chi connectivity index (χ2n) is 8.37. The van der Waals surface area contributed by atoms with Gasteiger partial charge in [-0.25, -0.2) is 8.42 Å². The highest BCUT2D eigenvalue weighted by Crippen LogP contribution is 2.23. The smallest absolute Gasteiger partial charge is 0.252 e. The van der Waals surface area contributed by atoms with E-state index in [1.54, 1.807) is 42.7 Å². The summed E-state index contributed by atoms with van der Waals surface area (Å²) in [6.07, 6.45) is 3.20. The van der Waals surface area contributed by atoms with E-state index in [2.05, 4.69) is 9.97 Å². The van der Waals surface area contributed by atoms with E-state index in [1.165, 1.54) is 23.4 Å². The maximum absolute atomic E-state index is 13.7. The Morgan fingerprint density at radius 1 is 1.00 bits per heavy atom. The van der Waals surface area contributed by atoms with Crippen LogP contribution in [0.2, 0.25) is 0 Å². The number of hydrogen-bond acceptors (Lipinski definition) is 5. The molecular weight excluding hydrogens is 450 g/mol. The van der Waals surface area contributed by atoms with Crippen molar-refractivity contribution in [3.05, 3.63) is 105 Å². The van der Waals surface area contributed by atoms with Crippen molar-refractivity contribution < 1.29 is 13.2 Å². The molecule has 4 rings (SSSR count). The highest BCUT2D eigenvalue weighted by Gasteiger charge is 2.27. The average Bonchev–Trinajstić information content (AvgIpc) is 2.81. The fourth-order valence-electron chi connectivity index (χ4n) is 3.78. The molecule has 0 amide bonds. The fourth-order valence-corrected chi connectivity index (χ4v) is 5.23. The third-order valence-corrected chi connectivity index (χ3v) is 7.63. The first-order valence-corrected chi connectivity index (χ1v) is 12.2. The van der Waals surface area contributed by atoms with Crippen LogP contribution in [-0.2, 0) is 23.1 Å². The van der Waals surface area contributed by atoms with Crippen LogP contribution in [0.5, 0.6) is 0 Å². The molecule has 8 heteroatoms. The third kappa shape index (κ3) is 4.83.